The third-order valence-corrected chi connectivity index (χ3v) is 4.64. The summed E-state index contributed by atoms with van der Waals surface area (Å²) in [7, 11) is 3.44. The van der Waals surface area contributed by atoms with Gasteiger partial charge in [-0.1, -0.05) is 0 Å². The molecule has 126 valence electrons. The third-order valence-electron chi connectivity index (χ3n) is 4.64. The summed E-state index contributed by atoms with van der Waals surface area (Å²) in [5, 5.41) is 2.97. The number of furan rings is 1. The second-order valence-electron chi connectivity index (χ2n) is 6.51. The van der Waals surface area contributed by atoms with Crippen LogP contribution in [0.25, 0.3) is 0 Å². The highest BCUT2D eigenvalue weighted by molar-refractivity contribution is 5.91. The Labute approximate surface area is 135 Å². The molecule has 0 aromatic carbocycles. The maximum absolute atomic E-state index is 12.3. The van der Waals surface area contributed by atoms with Crippen LogP contribution in [0, 0.1) is 0 Å². The van der Waals surface area contributed by atoms with Crippen LogP contribution in [0.2, 0.25) is 0 Å². The van der Waals surface area contributed by atoms with Gasteiger partial charge >= 0.3 is 6.03 Å². The molecule has 1 spiro atoms. The Balaban J connectivity index is 1.53. The number of carbonyl (C=O) groups is 2. The Morgan fingerprint density at radius 1 is 1.35 bits per heavy atom. The van der Waals surface area contributed by atoms with E-state index in [-0.39, 0.29) is 23.6 Å². The van der Waals surface area contributed by atoms with Crippen LogP contribution in [0.1, 0.15) is 29.8 Å². The molecule has 0 saturated carbocycles. The summed E-state index contributed by atoms with van der Waals surface area (Å²) in [5.41, 5.74) is -0.218. The summed E-state index contributed by atoms with van der Waals surface area (Å²) in [5.74, 6) is 0.310. The van der Waals surface area contributed by atoms with Gasteiger partial charge in [-0.25, -0.2) is 4.79 Å². The van der Waals surface area contributed by atoms with Crippen molar-refractivity contribution in [2.45, 2.75) is 30.9 Å². The second kappa shape index (κ2) is 6.23. The lowest BCUT2D eigenvalue weighted by molar-refractivity contribution is -0.0393. The lowest BCUT2D eigenvalue weighted by atomic mass is 9.87. The molecule has 23 heavy (non-hydrogen) atoms. The number of urea groups is 1. The van der Waals surface area contributed by atoms with E-state index in [4.69, 9.17) is 9.15 Å². The minimum Gasteiger partial charge on any atom is -0.459 e. The minimum absolute atomic E-state index is 0.0391. The van der Waals surface area contributed by atoms with E-state index in [9.17, 15) is 9.59 Å². The molecule has 0 radical (unpaired) electrons. The Kier molecular flexibility index (Phi) is 4.30. The first-order valence-corrected chi connectivity index (χ1v) is 7.94. The highest BCUT2D eigenvalue weighted by Crippen LogP contribution is 2.36. The Hall–Kier alpha value is -2.02. The van der Waals surface area contributed by atoms with Crippen LogP contribution in [0.4, 0.5) is 4.79 Å². The molecule has 3 rings (SSSR count). The number of likely N-dealkylation sites (tertiary alicyclic amines) is 1. The van der Waals surface area contributed by atoms with Crippen LogP contribution in [0.5, 0.6) is 0 Å². The standard InChI is InChI=1S/C16H23N3O4/c1-18(2)15(21)17-12-10-16(23-11-12)5-7-19(8-6-16)14(20)13-4-3-9-22-13/h3-4,9,12H,5-8,10-11H2,1-2H3,(H,17,21)/t12-/m0/s1. The molecule has 1 aromatic rings. The number of nitrogens with zero attached hydrogens (tertiary/aromatic N) is 2. The summed E-state index contributed by atoms with van der Waals surface area (Å²) in [6.07, 6.45) is 3.88. The maximum Gasteiger partial charge on any atom is 0.317 e. The summed E-state index contributed by atoms with van der Waals surface area (Å²) < 4.78 is 11.2. The van der Waals surface area contributed by atoms with E-state index < -0.39 is 0 Å². The van der Waals surface area contributed by atoms with E-state index in [0.717, 1.165) is 19.3 Å². The van der Waals surface area contributed by atoms with E-state index in [1.807, 2.05) is 0 Å². The number of hydrogen-bond acceptors (Lipinski definition) is 4. The number of carbonyl (C=O) groups excluding carboxylic acids is 2. The fourth-order valence-electron chi connectivity index (χ4n) is 3.26. The summed E-state index contributed by atoms with van der Waals surface area (Å²) in [6.45, 7) is 1.83. The van der Waals surface area contributed by atoms with Crippen LogP contribution >= 0.6 is 0 Å². The zero-order valence-corrected chi connectivity index (χ0v) is 13.6. The van der Waals surface area contributed by atoms with Gasteiger partial charge in [0.15, 0.2) is 5.76 Å². The Morgan fingerprint density at radius 2 is 2.09 bits per heavy atom. The predicted octanol–water partition coefficient (Wildman–Crippen LogP) is 1.31. The third kappa shape index (κ3) is 3.34. The summed E-state index contributed by atoms with van der Waals surface area (Å²) in [4.78, 5) is 27.3. The average Bonchev–Trinajstić information content (AvgIpc) is 3.18. The SMILES string of the molecule is CN(C)C(=O)N[C@@H]1COC2(CCN(C(=O)c3ccco3)CC2)C1. The number of amides is 3. The lowest BCUT2D eigenvalue weighted by Gasteiger charge is -2.38. The van der Waals surface area contributed by atoms with Crippen LogP contribution in [0.15, 0.2) is 22.8 Å². The number of hydrogen-bond donors (Lipinski definition) is 1. The molecule has 3 heterocycles. The first-order chi connectivity index (χ1) is 11.0. The molecular weight excluding hydrogens is 298 g/mol. The van der Waals surface area contributed by atoms with Gasteiger partial charge in [0.1, 0.15) is 0 Å². The molecule has 0 unspecified atom stereocenters. The molecule has 1 aromatic heterocycles. The van der Waals surface area contributed by atoms with Gasteiger partial charge in [-0.2, -0.15) is 0 Å². The van der Waals surface area contributed by atoms with Gasteiger partial charge in [-0.3, -0.25) is 4.79 Å². The molecule has 7 heteroatoms. The monoisotopic (exact) mass is 321 g/mol. The van der Waals surface area contributed by atoms with E-state index >= 15 is 0 Å². The topological polar surface area (TPSA) is 75.0 Å². The van der Waals surface area contributed by atoms with Gasteiger partial charge < -0.3 is 24.3 Å². The van der Waals surface area contributed by atoms with Gasteiger partial charge in [0.2, 0.25) is 0 Å². The first kappa shape index (κ1) is 15.9. The Morgan fingerprint density at radius 3 is 2.70 bits per heavy atom. The van der Waals surface area contributed by atoms with Gasteiger partial charge in [0, 0.05) is 27.2 Å². The molecule has 1 N–H and O–H groups in total. The van der Waals surface area contributed by atoms with Crippen molar-refractivity contribution in [3.8, 4) is 0 Å². The second-order valence-corrected chi connectivity index (χ2v) is 6.51. The van der Waals surface area contributed by atoms with Crippen molar-refractivity contribution in [1.82, 2.24) is 15.1 Å². The molecular formula is C16H23N3O4. The zero-order chi connectivity index (χ0) is 16.4. The fraction of sp³-hybridized carbons (Fsp3) is 0.625. The van der Waals surface area contributed by atoms with E-state index in [0.29, 0.717) is 25.5 Å². The quantitative estimate of drug-likeness (QED) is 0.891. The van der Waals surface area contributed by atoms with E-state index in [1.54, 1.807) is 31.1 Å². The smallest absolute Gasteiger partial charge is 0.317 e. The number of rotatable bonds is 2. The van der Waals surface area contributed by atoms with Gasteiger partial charge in [-0.15, -0.1) is 0 Å². The van der Waals surface area contributed by atoms with Crippen molar-refractivity contribution >= 4 is 11.9 Å². The summed E-state index contributed by atoms with van der Waals surface area (Å²) in [6, 6.07) is 3.35. The molecule has 2 saturated heterocycles. The number of ether oxygens (including phenoxy) is 1. The van der Waals surface area contributed by atoms with Crippen molar-refractivity contribution in [3.63, 3.8) is 0 Å². The molecule has 2 fully saturated rings. The van der Waals surface area contributed by atoms with E-state index in [2.05, 4.69) is 5.32 Å². The van der Waals surface area contributed by atoms with Crippen LogP contribution in [0.3, 0.4) is 0 Å². The van der Waals surface area contributed by atoms with Crippen LogP contribution in [-0.2, 0) is 4.74 Å². The molecule has 1 atom stereocenters. The van der Waals surface area contributed by atoms with Crippen LogP contribution < -0.4 is 5.32 Å². The van der Waals surface area contributed by atoms with E-state index in [1.165, 1.54) is 11.2 Å². The van der Waals surface area contributed by atoms with Crippen molar-refractivity contribution in [3.05, 3.63) is 24.2 Å². The molecule has 0 bridgehead atoms. The average molecular weight is 321 g/mol. The number of piperidine rings is 1. The van der Waals surface area contributed by atoms with Crippen molar-refractivity contribution in [1.29, 1.82) is 0 Å². The highest BCUT2D eigenvalue weighted by Gasteiger charge is 2.44. The Bertz CT molecular complexity index is 562. The normalized spacial score (nSPS) is 23.0. The highest BCUT2D eigenvalue weighted by atomic mass is 16.5. The molecule has 0 aliphatic carbocycles. The fourth-order valence-corrected chi connectivity index (χ4v) is 3.26. The first-order valence-electron chi connectivity index (χ1n) is 7.94. The molecule has 2 aliphatic rings. The van der Waals surface area contributed by atoms with Crippen molar-refractivity contribution in [2.75, 3.05) is 33.8 Å². The van der Waals surface area contributed by atoms with Gasteiger partial charge in [0.25, 0.3) is 5.91 Å². The largest absolute Gasteiger partial charge is 0.459 e. The summed E-state index contributed by atoms with van der Waals surface area (Å²) >= 11 is 0. The van der Waals surface area contributed by atoms with Crippen molar-refractivity contribution in [2.24, 2.45) is 0 Å². The molecule has 7 nitrogen and oxygen atoms in total. The van der Waals surface area contributed by atoms with Crippen LogP contribution in [-0.4, -0.2) is 67.2 Å². The maximum atomic E-state index is 12.3. The van der Waals surface area contributed by atoms with Crippen molar-refractivity contribution < 1.29 is 18.7 Å². The predicted molar refractivity (Wildman–Crippen MR) is 83.2 cm³/mol. The van der Waals surface area contributed by atoms with Gasteiger partial charge in [-0.05, 0) is 31.4 Å². The molecule has 3 amide bonds. The van der Waals surface area contributed by atoms with Gasteiger partial charge in [0.05, 0.1) is 24.5 Å². The molecule has 2 aliphatic heterocycles. The minimum atomic E-state index is -0.218. The zero-order valence-electron chi connectivity index (χ0n) is 13.6. The lowest BCUT2D eigenvalue weighted by Crippen LogP contribution is -2.47. The number of nitrogens with one attached hydrogen (secondary N) is 1.